The molecule has 0 unspecified atom stereocenters. The molecule has 0 aliphatic rings. The van der Waals surface area contributed by atoms with E-state index >= 15 is 0 Å². The molecule has 0 radical (unpaired) electrons. The number of carbonyl (C=O) groups is 3. The minimum atomic E-state index is -1.07. The van der Waals surface area contributed by atoms with Crippen molar-refractivity contribution in [3.8, 4) is 0 Å². The van der Waals surface area contributed by atoms with Gasteiger partial charge in [-0.05, 0) is 39.1 Å². The molecule has 24 heavy (non-hydrogen) atoms. The number of rotatable bonds is 6. The predicted molar refractivity (Wildman–Crippen MR) is 91.5 cm³/mol. The number of benzene rings is 1. The van der Waals surface area contributed by atoms with Gasteiger partial charge in [-0.15, -0.1) is 0 Å². The predicted octanol–water partition coefficient (Wildman–Crippen LogP) is 1.85. The molecule has 132 valence electrons. The Balaban J connectivity index is 2.55. The van der Waals surface area contributed by atoms with E-state index in [0.29, 0.717) is 5.69 Å². The Labute approximate surface area is 142 Å². The zero-order valence-electron chi connectivity index (χ0n) is 14.7. The number of hydrogen-bond acceptors (Lipinski definition) is 5. The van der Waals surface area contributed by atoms with Gasteiger partial charge in [-0.1, -0.05) is 32.0 Å². The minimum Gasteiger partial charge on any atom is -0.451 e. The SMILES string of the molecule is CC(C)[C@@H](C(=O)O[C@@H](C)C(=O)NC(=O)Nc1ccccc1)N(C)C. The number of hydrogen-bond donors (Lipinski definition) is 2. The quantitative estimate of drug-likeness (QED) is 0.775. The summed E-state index contributed by atoms with van der Waals surface area (Å²) >= 11 is 0. The summed E-state index contributed by atoms with van der Waals surface area (Å²) in [7, 11) is 3.54. The van der Waals surface area contributed by atoms with Crippen LogP contribution >= 0.6 is 0 Å². The number of anilines is 1. The highest BCUT2D eigenvalue weighted by atomic mass is 16.5. The third-order valence-electron chi connectivity index (χ3n) is 3.36. The third kappa shape index (κ3) is 6.00. The molecular formula is C17H25N3O4. The first-order valence-electron chi connectivity index (χ1n) is 7.76. The average molecular weight is 335 g/mol. The molecule has 0 aromatic heterocycles. The fourth-order valence-electron chi connectivity index (χ4n) is 2.27. The van der Waals surface area contributed by atoms with Gasteiger partial charge >= 0.3 is 12.0 Å². The Morgan fingerprint density at radius 1 is 1.04 bits per heavy atom. The third-order valence-corrected chi connectivity index (χ3v) is 3.36. The second-order valence-corrected chi connectivity index (χ2v) is 6.04. The molecule has 0 aliphatic carbocycles. The van der Waals surface area contributed by atoms with Gasteiger partial charge in [-0.25, -0.2) is 4.79 Å². The van der Waals surface area contributed by atoms with Crippen molar-refractivity contribution in [3.63, 3.8) is 0 Å². The van der Waals surface area contributed by atoms with Crippen LogP contribution in [0.5, 0.6) is 0 Å². The van der Waals surface area contributed by atoms with Crippen molar-refractivity contribution in [2.45, 2.75) is 32.9 Å². The van der Waals surface area contributed by atoms with E-state index in [-0.39, 0.29) is 5.92 Å². The van der Waals surface area contributed by atoms with Crippen LogP contribution in [0.1, 0.15) is 20.8 Å². The normalized spacial score (nSPS) is 13.3. The Morgan fingerprint density at radius 2 is 1.62 bits per heavy atom. The van der Waals surface area contributed by atoms with Crippen molar-refractivity contribution >= 4 is 23.6 Å². The minimum absolute atomic E-state index is 0.0316. The highest BCUT2D eigenvalue weighted by molar-refractivity contribution is 6.02. The van der Waals surface area contributed by atoms with E-state index in [9.17, 15) is 14.4 Å². The molecular weight excluding hydrogens is 310 g/mol. The van der Waals surface area contributed by atoms with Gasteiger partial charge in [0.2, 0.25) is 0 Å². The van der Waals surface area contributed by atoms with E-state index in [1.54, 1.807) is 43.3 Å². The lowest BCUT2D eigenvalue weighted by atomic mass is 10.0. The van der Waals surface area contributed by atoms with Gasteiger partial charge in [0.05, 0.1) is 0 Å². The molecule has 0 bridgehead atoms. The maximum atomic E-state index is 12.2. The summed E-state index contributed by atoms with van der Waals surface area (Å²) in [6.07, 6.45) is -1.07. The largest absolute Gasteiger partial charge is 0.451 e. The summed E-state index contributed by atoms with van der Waals surface area (Å²) < 4.78 is 5.18. The first kappa shape index (κ1) is 19.6. The maximum absolute atomic E-state index is 12.2. The van der Waals surface area contributed by atoms with E-state index in [1.165, 1.54) is 6.92 Å². The van der Waals surface area contributed by atoms with Crippen molar-refractivity contribution in [1.29, 1.82) is 0 Å². The van der Waals surface area contributed by atoms with Crippen LogP contribution in [0, 0.1) is 5.92 Å². The standard InChI is InChI=1S/C17H25N3O4/c1-11(2)14(20(4)5)16(22)24-12(3)15(21)19-17(23)18-13-9-7-6-8-10-13/h6-12,14H,1-5H3,(H2,18,19,21,23)/t12-,14-/m0/s1. The van der Waals surface area contributed by atoms with Crippen LogP contribution in [0.3, 0.4) is 0 Å². The number of likely N-dealkylation sites (N-methyl/N-ethyl adjacent to an activating group) is 1. The average Bonchev–Trinajstić information content (AvgIpc) is 2.46. The van der Waals surface area contributed by atoms with Crippen molar-refractivity contribution in [2.24, 2.45) is 5.92 Å². The van der Waals surface area contributed by atoms with Crippen LogP contribution in [0.15, 0.2) is 30.3 Å². The highest BCUT2D eigenvalue weighted by Crippen LogP contribution is 2.11. The van der Waals surface area contributed by atoms with Crippen molar-refractivity contribution in [2.75, 3.05) is 19.4 Å². The van der Waals surface area contributed by atoms with E-state index in [1.807, 2.05) is 19.9 Å². The lowest BCUT2D eigenvalue weighted by Gasteiger charge is -2.27. The number of esters is 1. The maximum Gasteiger partial charge on any atom is 0.325 e. The monoisotopic (exact) mass is 335 g/mol. The second-order valence-electron chi connectivity index (χ2n) is 6.04. The highest BCUT2D eigenvalue weighted by Gasteiger charge is 2.29. The fourth-order valence-corrected chi connectivity index (χ4v) is 2.27. The molecule has 0 saturated carbocycles. The number of carbonyl (C=O) groups excluding carboxylic acids is 3. The van der Waals surface area contributed by atoms with Crippen LogP contribution in [0.4, 0.5) is 10.5 Å². The molecule has 1 aromatic carbocycles. The Morgan fingerprint density at radius 3 is 2.12 bits per heavy atom. The summed E-state index contributed by atoms with van der Waals surface area (Å²) in [5.74, 6) is -1.15. The molecule has 1 aromatic rings. The van der Waals surface area contributed by atoms with E-state index in [4.69, 9.17) is 4.74 Å². The number of para-hydroxylation sites is 1. The molecule has 0 fully saturated rings. The van der Waals surface area contributed by atoms with Gasteiger partial charge in [0.15, 0.2) is 6.10 Å². The zero-order chi connectivity index (χ0) is 18.3. The molecule has 0 spiro atoms. The molecule has 0 saturated heterocycles. The fraction of sp³-hybridized carbons (Fsp3) is 0.471. The van der Waals surface area contributed by atoms with Gasteiger partial charge in [0, 0.05) is 5.69 Å². The topological polar surface area (TPSA) is 87.7 Å². The molecule has 3 amide bonds. The summed E-state index contributed by atoms with van der Waals surface area (Å²) in [5.41, 5.74) is 0.555. The first-order valence-corrected chi connectivity index (χ1v) is 7.76. The van der Waals surface area contributed by atoms with E-state index in [2.05, 4.69) is 10.6 Å². The van der Waals surface area contributed by atoms with Crippen LogP contribution in [-0.4, -0.2) is 49.0 Å². The Hall–Kier alpha value is -2.41. The van der Waals surface area contributed by atoms with Crippen LogP contribution < -0.4 is 10.6 Å². The number of amides is 3. The Bertz CT molecular complexity index is 564. The molecule has 7 heteroatoms. The number of nitrogens with zero attached hydrogens (tertiary/aromatic N) is 1. The molecule has 0 heterocycles. The van der Waals surface area contributed by atoms with E-state index < -0.39 is 30.1 Å². The number of imide groups is 1. The zero-order valence-corrected chi connectivity index (χ0v) is 14.7. The van der Waals surface area contributed by atoms with E-state index in [0.717, 1.165) is 0 Å². The van der Waals surface area contributed by atoms with Gasteiger partial charge < -0.3 is 10.1 Å². The number of nitrogens with one attached hydrogen (secondary N) is 2. The molecule has 2 atom stereocenters. The molecule has 7 nitrogen and oxygen atoms in total. The lowest BCUT2D eigenvalue weighted by Crippen LogP contribution is -2.46. The van der Waals surface area contributed by atoms with Gasteiger partial charge in [0.1, 0.15) is 6.04 Å². The summed E-state index contributed by atoms with van der Waals surface area (Å²) in [6.45, 7) is 5.21. The smallest absolute Gasteiger partial charge is 0.325 e. The Kier molecular flexibility index (Phi) is 7.38. The first-order chi connectivity index (χ1) is 11.2. The summed E-state index contributed by atoms with van der Waals surface area (Å²) in [5, 5.41) is 4.67. The van der Waals surface area contributed by atoms with Gasteiger partial charge in [-0.3, -0.25) is 19.8 Å². The van der Waals surface area contributed by atoms with Gasteiger partial charge in [-0.2, -0.15) is 0 Å². The van der Waals surface area contributed by atoms with Crippen molar-refractivity contribution < 1.29 is 19.1 Å². The molecule has 1 rings (SSSR count). The van der Waals surface area contributed by atoms with Crippen LogP contribution in [-0.2, 0) is 14.3 Å². The lowest BCUT2D eigenvalue weighted by molar-refractivity contribution is -0.160. The van der Waals surface area contributed by atoms with Crippen molar-refractivity contribution in [3.05, 3.63) is 30.3 Å². The summed E-state index contributed by atoms with van der Waals surface area (Å²) in [6, 6.07) is 7.58. The van der Waals surface area contributed by atoms with Gasteiger partial charge in [0.25, 0.3) is 5.91 Å². The summed E-state index contributed by atoms with van der Waals surface area (Å²) in [4.78, 5) is 37.7. The van der Waals surface area contributed by atoms with Crippen LogP contribution in [0.25, 0.3) is 0 Å². The molecule has 0 aliphatic heterocycles. The second kappa shape index (κ2) is 9.02. The number of ether oxygens (including phenoxy) is 1. The molecule has 2 N–H and O–H groups in total. The van der Waals surface area contributed by atoms with Crippen molar-refractivity contribution in [1.82, 2.24) is 10.2 Å². The number of urea groups is 1. The van der Waals surface area contributed by atoms with Crippen LogP contribution in [0.2, 0.25) is 0 Å².